The van der Waals surface area contributed by atoms with Crippen LogP contribution in [0.3, 0.4) is 0 Å². The summed E-state index contributed by atoms with van der Waals surface area (Å²) >= 11 is 0. The summed E-state index contributed by atoms with van der Waals surface area (Å²) in [7, 11) is 0. The highest BCUT2D eigenvalue weighted by Gasteiger charge is 1.83. The van der Waals surface area contributed by atoms with Gasteiger partial charge in [-0.3, -0.25) is 0 Å². The van der Waals surface area contributed by atoms with Crippen molar-refractivity contribution in [3.05, 3.63) is 11.6 Å². The fourth-order valence-electron chi connectivity index (χ4n) is 0.600. The molecular weight excluding hydrogens is 144 g/mol. The van der Waals surface area contributed by atoms with Crippen molar-refractivity contribution in [3.63, 3.8) is 0 Å². The zero-order chi connectivity index (χ0) is 10.4. The van der Waals surface area contributed by atoms with E-state index in [-0.39, 0.29) is 0 Å². The van der Waals surface area contributed by atoms with Gasteiger partial charge in [0.05, 0.1) is 0 Å². The summed E-state index contributed by atoms with van der Waals surface area (Å²) < 4.78 is 0. The minimum atomic E-state index is 1.28. The van der Waals surface area contributed by atoms with Gasteiger partial charge < -0.3 is 0 Å². The Morgan fingerprint density at radius 2 is 1.50 bits per heavy atom. The summed E-state index contributed by atoms with van der Waals surface area (Å²) in [6.07, 6.45) is 6.13. The van der Waals surface area contributed by atoms with E-state index in [9.17, 15) is 0 Å². The normalized spacial score (nSPS) is 9.08. The van der Waals surface area contributed by atoms with E-state index < -0.39 is 0 Å². The summed E-state index contributed by atoms with van der Waals surface area (Å²) in [6.45, 7) is 14.5. The molecule has 12 heavy (non-hydrogen) atoms. The van der Waals surface area contributed by atoms with Crippen LogP contribution in [0.4, 0.5) is 0 Å². The fourth-order valence-corrected chi connectivity index (χ4v) is 0.600. The quantitative estimate of drug-likeness (QED) is 0.514. The van der Waals surface area contributed by atoms with Crippen LogP contribution in [-0.4, -0.2) is 0 Å². The van der Waals surface area contributed by atoms with E-state index in [4.69, 9.17) is 0 Å². The Morgan fingerprint density at radius 1 is 1.08 bits per heavy atom. The van der Waals surface area contributed by atoms with Gasteiger partial charge in [-0.25, -0.2) is 0 Å². The molecule has 0 atom stereocenters. The molecule has 0 aliphatic heterocycles. The number of rotatable bonds is 3. The van der Waals surface area contributed by atoms with Gasteiger partial charge in [-0.05, 0) is 26.7 Å². The standard InChI is InChI=1S/C8H16.2C2H6/c1-4-6-7-8(3)5-2;2*1-2/h5H,4,6-7H2,1-3H3;2*1-2H3/b8-5-;;. The summed E-state index contributed by atoms with van der Waals surface area (Å²) in [6, 6.07) is 0. The number of allylic oxidation sites excluding steroid dienone is 2. The van der Waals surface area contributed by atoms with Crippen LogP contribution in [0.5, 0.6) is 0 Å². The lowest BCUT2D eigenvalue weighted by Crippen LogP contribution is -1.74. The topological polar surface area (TPSA) is 0 Å². The minimum absolute atomic E-state index is 1.28. The second kappa shape index (κ2) is 22.4. The second-order valence-electron chi connectivity index (χ2n) is 2.24. The minimum Gasteiger partial charge on any atom is -0.0887 e. The maximum absolute atomic E-state index is 2.23. The first kappa shape index (κ1) is 17.7. The summed E-state index contributed by atoms with van der Waals surface area (Å²) in [5, 5.41) is 0. The third-order valence-corrected chi connectivity index (χ3v) is 1.42. The van der Waals surface area contributed by atoms with Crippen LogP contribution < -0.4 is 0 Å². The van der Waals surface area contributed by atoms with Crippen molar-refractivity contribution in [1.82, 2.24) is 0 Å². The average molecular weight is 172 g/mol. The zero-order valence-electron chi connectivity index (χ0n) is 10.2. The van der Waals surface area contributed by atoms with Crippen molar-refractivity contribution in [3.8, 4) is 0 Å². The van der Waals surface area contributed by atoms with Crippen LogP contribution in [0.1, 0.15) is 67.7 Å². The van der Waals surface area contributed by atoms with Crippen molar-refractivity contribution in [1.29, 1.82) is 0 Å². The molecule has 0 heteroatoms. The first-order valence-corrected chi connectivity index (χ1v) is 5.43. The van der Waals surface area contributed by atoms with Crippen LogP contribution in [0.15, 0.2) is 11.6 Å². The van der Waals surface area contributed by atoms with E-state index in [1.54, 1.807) is 0 Å². The highest BCUT2D eigenvalue weighted by molar-refractivity contribution is 4.94. The number of unbranched alkanes of at least 4 members (excludes halogenated alkanes) is 1. The van der Waals surface area contributed by atoms with Gasteiger partial charge in [-0.2, -0.15) is 0 Å². The molecule has 0 unspecified atom stereocenters. The fraction of sp³-hybridized carbons (Fsp3) is 0.833. The number of hydrogen-bond acceptors (Lipinski definition) is 0. The molecule has 0 aromatic carbocycles. The smallest absolute Gasteiger partial charge is 0.0323 e. The largest absolute Gasteiger partial charge is 0.0887 e. The van der Waals surface area contributed by atoms with Crippen LogP contribution in [0, 0.1) is 0 Å². The Hall–Kier alpha value is -0.260. The maximum Gasteiger partial charge on any atom is -0.0323 e. The van der Waals surface area contributed by atoms with E-state index in [0.29, 0.717) is 0 Å². The van der Waals surface area contributed by atoms with Crippen molar-refractivity contribution >= 4 is 0 Å². The Labute approximate surface area is 80.1 Å². The van der Waals surface area contributed by atoms with Gasteiger partial charge in [0.25, 0.3) is 0 Å². The summed E-state index contributed by atoms with van der Waals surface area (Å²) in [5.41, 5.74) is 1.52. The highest BCUT2D eigenvalue weighted by atomic mass is 13.9. The molecule has 0 fully saturated rings. The molecule has 0 saturated heterocycles. The van der Waals surface area contributed by atoms with Crippen molar-refractivity contribution < 1.29 is 0 Å². The molecule has 0 aliphatic carbocycles. The SMILES string of the molecule is C/C=C(/C)CCCC.CC.CC. The first-order chi connectivity index (χ1) is 5.81. The van der Waals surface area contributed by atoms with Gasteiger partial charge >= 0.3 is 0 Å². The highest BCUT2D eigenvalue weighted by Crippen LogP contribution is 2.04. The lowest BCUT2D eigenvalue weighted by Gasteiger charge is -1.94. The molecule has 76 valence electrons. The average Bonchev–Trinajstić information content (AvgIpc) is 2.20. The predicted octanol–water partition coefficient (Wildman–Crippen LogP) is 5.20. The molecule has 0 radical (unpaired) electrons. The van der Waals surface area contributed by atoms with Crippen LogP contribution in [0.25, 0.3) is 0 Å². The third-order valence-electron chi connectivity index (χ3n) is 1.42. The summed E-state index contributed by atoms with van der Waals surface area (Å²) in [4.78, 5) is 0. The van der Waals surface area contributed by atoms with Crippen molar-refractivity contribution in [2.45, 2.75) is 67.7 Å². The second-order valence-corrected chi connectivity index (χ2v) is 2.24. The Bertz CT molecular complexity index is 70.1. The van der Waals surface area contributed by atoms with Crippen molar-refractivity contribution in [2.75, 3.05) is 0 Å². The monoisotopic (exact) mass is 172 g/mol. The third kappa shape index (κ3) is 22.6. The molecule has 0 aromatic rings. The molecular formula is C12H28. The van der Waals surface area contributed by atoms with E-state index in [0.717, 1.165) is 0 Å². The molecule has 0 N–H and O–H groups in total. The van der Waals surface area contributed by atoms with Gasteiger partial charge in [0.15, 0.2) is 0 Å². The molecule has 0 rings (SSSR count). The number of hydrogen-bond donors (Lipinski definition) is 0. The lowest BCUT2D eigenvalue weighted by atomic mass is 10.1. The maximum atomic E-state index is 2.23. The van der Waals surface area contributed by atoms with Gasteiger partial charge in [-0.15, -0.1) is 0 Å². The molecule has 0 aromatic heterocycles. The van der Waals surface area contributed by atoms with Crippen LogP contribution in [-0.2, 0) is 0 Å². The van der Waals surface area contributed by atoms with Crippen LogP contribution in [0.2, 0.25) is 0 Å². The zero-order valence-corrected chi connectivity index (χ0v) is 10.2. The first-order valence-electron chi connectivity index (χ1n) is 5.43. The van der Waals surface area contributed by atoms with Gasteiger partial charge in [-0.1, -0.05) is 52.7 Å². The van der Waals surface area contributed by atoms with Gasteiger partial charge in [0, 0.05) is 0 Å². The summed E-state index contributed by atoms with van der Waals surface area (Å²) in [5.74, 6) is 0. The predicted molar refractivity (Wildman–Crippen MR) is 61.7 cm³/mol. The van der Waals surface area contributed by atoms with Gasteiger partial charge in [0.1, 0.15) is 0 Å². The molecule has 0 saturated carbocycles. The Morgan fingerprint density at radius 3 is 1.75 bits per heavy atom. The molecule has 0 spiro atoms. The van der Waals surface area contributed by atoms with E-state index >= 15 is 0 Å². The molecule has 0 nitrogen and oxygen atoms in total. The van der Waals surface area contributed by atoms with Crippen LogP contribution >= 0.6 is 0 Å². The van der Waals surface area contributed by atoms with Gasteiger partial charge in [0.2, 0.25) is 0 Å². The van der Waals surface area contributed by atoms with E-state index in [1.165, 1.54) is 24.8 Å². The van der Waals surface area contributed by atoms with Crippen molar-refractivity contribution in [2.24, 2.45) is 0 Å². The molecule has 0 amide bonds. The molecule has 0 bridgehead atoms. The van der Waals surface area contributed by atoms with E-state index in [1.807, 2.05) is 27.7 Å². The molecule has 0 aliphatic rings. The molecule has 0 heterocycles. The Kier molecular flexibility index (Phi) is 33.1. The lowest BCUT2D eigenvalue weighted by molar-refractivity contribution is 0.786. The Balaban J connectivity index is -0.000000175. The van der Waals surface area contributed by atoms with E-state index in [2.05, 4.69) is 26.8 Å².